The summed E-state index contributed by atoms with van der Waals surface area (Å²) >= 11 is 0. The summed E-state index contributed by atoms with van der Waals surface area (Å²) in [5, 5.41) is 5.39. The third kappa shape index (κ3) is 2.33. The van der Waals surface area contributed by atoms with Crippen molar-refractivity contribution in [1.29, 1.82) is 0 Å². The van der Waals surface area contributed by atoms with Crippen LogP contribution in [0.15, 0.2) is 115 Å². The Kier molecular flexibility index (Phi) is 3.67. The van der Waals surface area contributed by atoms with Crippen LogP contribution in [0.5, 0.6) is 0 Å². The highest BCUT2D eigenvalue weighted by atomic mass is 15.0. The second kappa shape index (κ2) is 6.82. The molecule has 1 aromatic heterocycles. The molecule has 0 N–H and O–H groups in total. The van der Waals surface area contributed by atoms with Gasteiger partial charge < -0.3 is 4.57 Å². The summed E-state index contributed by atoms with van der Waals surface area (Å²) in [4.78, 5) is 0. The zero-order chi connectivity index (χ0) is 25.2. The van der Waals surface area contributed by atoms with Crippen molar-refractivity contribution < 1.29 is 0 Å². The number of hydrogen-bond donors (Lipinski definition) is 0. The molecule has 0 fully saturated rings. The predicted octanol–water partition coefficient (Wildman–Crippen LogP) is 9.89. The largest absolute Gasteiger partial charge is 0.309 e. The Morgan fingerprint density at radius 3 is 2.08 bits per heavy atom. The molecule has 1 nitrogen and oxygen atoms in total. The fraction of sp³-hybridized carbons (Fsp3) is 0.0811. The van der Waals surface area contributed by atoms with Gasteiger partial charge in [0.1, 0.15) is 0 Å². The summed E-state index contributed by atoms with van der Waals surface area (Å²) in [5.74, 6) is 0. The highest BCUT2D eigenvalue weighted by Crippen LogP contribution is 2.53. The summed E-state index contributed by atoms with van der Waals surface area (Å²) in [6.07, 6.45) is 0. The maximum absolute atomic E-state index is 2.48. The van der Waals surface area contributed by atoms with Gasteiger partial charge in [-0.1, -0.05) is 105 Å². The van der Waals surface area contributed by atoms with Gasteiger partial charge in [-0.3, -0.25) is 0 Å². The van der Waals surface area contributed by atoms with E-state index in [-0.39, 0.29) is 5.41 Å². The quantitative estimate of drug-likeness (QED) is 0.219. The van der Waals surface area contributed by atoms with Gasteiger partial charge in [0.15, 0.2) is 0 Å². The first-order valence-electron chi connectivity index (χ1n) is 13.5. The molecule has 0 unspecified atom stereocenters. The van der Waals surface area contributed by atoms with Crippen molar-refractivity contribution in [3.8, 4) is 39.1 Å². The van der Waals surface area contributed by atoms with Gasteiger partial charge in [0.05, 0.1) is 11.0 Å². The summed E-state index contributed by atoms with van der Waals surface area (Å²) < 4.78 is 2.48. The van der Waals surface area contributed by atoms with Crippen LogP contribution in [0.25, 0.3) is 71.6 Å². The Bertz CT molecular complexity index is 2150. The van der Waals surface area contributed by atoms with Gasteiger partial charge in [-0.05, 0) is 79.5 Å². The van der Waals surface area contributed by atoms with Gasteiger partial charge >= 0.3 is 0 Å². The smallest absolute Gasteiger partial charge is 0.0544 e. The fourth-order valence-corrected chi connectivity index (χ4v) is 7.53. The van der Waals surface area contributed by atoms with Gasteiger partial charge in [-0.25, -0.2) is 0 Å². The minimum atomic E-state index is -0.0599. The van der Waals surface area contributed by atoms with Gasteiger partial charge in [0.2, 0.25) is 0 Å². The van der Waals surface area contributed by atoms with Crippen LogP contribution in [0.2, 0.25) is 0 Å². The first-order chi connectivity index (χ1) is 18.6. The fourth-order valence-electron chi connectivity index (χ4n) is 7.53. The Hall–Kier alpha value is -4.62. The second-order valence-electron chi connectivity index (χ2n) is 11.3. The first-order valence-corrected chi connectivity index (χ1v) is 13.5. The van der Waals surface area contributed by atoms with E-state index >= 15 is 0 Å². The van der Waals surface area contributed by atoms with Crippen molar-refractivity contribution in [2.75, 3.05) is 0 Å². The lowest BCUT2D eigenvalue weighted by Gasteiger charge is -2.22. The van der Waals surface area contributed by atoms with Crippen LogP contribution in [0, 0.1) is 0 Å². The molecular weight excluding hydrogens is 458 g/mol. The Labute approximate surface area is 221 Å². The standard InChI is InChI=1S/C37H25N/c1-37(2)31-15-5-3-11-25(31)28-19-20-33-35(36(28)37)29-12-4-6-16-32(29)38(33)23-17-18-24-26-13-7-9-22-10-8-14-27(34(22)26)30(24)21-23/h3-21H,1-2H3. The summed E-state index contributed by atoms with van der Waals surface area (Å²) in [6, 6.07) is 43.0. The normalized spacial score (nSPS) is 14.3. The maximum Gasteiger partial charge on any atom is 0.0544 e. The molecular formula is C37H25N. The molecule has 38 heavy (non-hydrogen) atoms. The summed E-state index contributed by atoms with van der Waals surface area (Å²) in [6.45, 7) is 4.77. The van der Waals surface area contributed by atoms with Crippen molar-refractivity contribution in [2.24, 2.45) is 0 Å². The lowest BCUT2D eigenvalue weighted by Crippen LogP contribution is -2.15. The third-order valence-electron chi connectivity index (χ3n) is 9.10. The van der Waals surface area contributed by atoms with E-state index in [1.165, 1.54) is 82.8 Å². The van der Waals surface area contributed by atoms with Crippen LogP contribution in [-0.4, -0.2) is 4.57 Å². The Morgan fingerprint density at radius 1 is 0.500 bits per heavy atom. The van der Waals surface area contributed by atoms with Gasteiger partial charge in [-0.2, -0.15) is 0 Å². The monoisotopic (exact) mass is 483 g/mol. The average Bonchev–Trinajstić information content (AvgIpc) is 3.54. The van der Waals surface area contributed by atoms with Crippen LogP contribution in [0.1, 0.15) is 25.0 Å². The molecule has 0 atom stereocenters. The minimum Gasteiger partial charge on any atom is -0.309 e. The molecule has 6 aromatic carbocycles. The van der Waals surface area contributed by atoms with Crippen molar-refractivity contribution in [1.82, 2.24) is 4.57 Å². The molecule has 0 amide bonds. The SMILES string of the molecule is CC1(C)c2ccccc2-c2ccc3c(c21)c1ccccc1n3-c1ccc2c(c1)-c1cccc3cccc-2c13. The van der Waals surface area contributed by atoms with Crippen molar-refractivity contribution in [3.63, 3.8) is 0 Å². The molecule has 178 valence electrons. The van der Waals surface area contributed by atoms with Crippen LogP contribution in [-0.2, 0) is 5.41 Å². The van der Waals surface area contributed by atoms with Crippen LogP contribution >= 0.6 is 0 Å². The lowest BCUT2D eigenvalue weighted by molar-refractivity contribution is 0.666. The molecule has 0 bridgehead atoms. The van der Waals surface area contributed by atoms with Gasteiger partial charge in [0, 0.05) is 21.9 Å². The molecule has 0 aliphatic heterocycles. The van der Waals surface area contributed by atoms with Crippen molar-refractivity contribution >= 4 is 32.6 Å². The molecule has 9 rings (SSSR count). The zero-order valence-corrected chi connectivity index (χ0v) is 21.4. The topological polar surface area (TPSA) is 4.93 Å². The first kappa shape index (κ1) is 20.4. The third-order valence-corrected chi connectivity index (χ3v) is 9.10. The van der Waals surface area contributed by atoms with Crippen molar-refractivity contribution in [3.05, 3.63) is 126 Å². The maximum atomic E-state index is 2.48. The highest BCUT2D eigenvalue weighted by molar-refractivity contribution is 6.17. The van der Waals surface area contributed by atoms with E-state index in [1.54, 1.807) is 0 Å². The number of para-hydroxylation sites is 1. The van der Waals surface area contributed by atoms with Crippen molar-refractivity contribution in [2.45, 2.75) is 19.3 Å². The average molecular weight is 484 g/mol. The van der Waals surface area contributed by atoms with E-state index in [0.29, 0.717) is 0 Å². The lowest BCUT2D eigenvalue weighted by atomic mass is 9.80. The van der Waals surface area contributed by atoms with Crippen LogP contribution in [0.3, 0.4) is 0 Å². The van der Waals surface area contributed by atoms with E-state index in [1.807, 2.05) is 0 Å². The molecule has 0 saturated heterocycles. The van der Waals surface area contributed by atoms with E-state index < -0.39 is 0 Å². The van der Waals surface area contributed by atoms with Gasteiger partial charge in [-0.15, -0.1) is 0 Å². The molecule has 1 heterocycles. The summed E-state index contributed by atoms with van der Waals surface area (Å²) in [7, 11) is 0. The molecule has 0 radical (unpaired) electrons. The number of fused-ring (bicyclic) bond motifs is 10. The molecule has 2 aliphatic rings. The number of aromatic nitrogens is 1. The highest BCUT2D eigenvalue weighted by Gasteiger charge is 2.38. The molecule has 0 saturated carbocycles. The van der Waals surface area contributed by atoms with E-state index in [4.69, 9.17) is 0 Å². The number of benzene rings is 6. The van der Waals surface area contributed by atoms with E-state index in [9.17, 15) is 0 Å². The van der Waals surface area contributed by atoms with Gasteiger partial charge in [0.25, 0.3) is 0 Å². The summed E-state index contributed by atoms with van der Waals surface area (Å²) in [5.41, 5.74) is 14.7. The number of rotatable bonds is 1. The second-order valence-corrected chi connectivity index (χ2v) is 11.3. The number of nitrogens with zero attached hydrogens (tertiary/aromatic N) is 1. The Balaban J connectivity index is 1.37. The number of hydrogen-bond acceptors (Lipinski definition) is 0. The minimum absolute atomic E-state index is 0.0599. The van der Waals surface area contributed by atoms with E-state index in [0.717, 1.165) is 0 Å². The van der Waals surface area contributed by atoms with Crippen LogP contribution in [0.4, 0.5) is 0 Å². The van der Waals surface area contributed by atoms with Crippen LogP contribution < -0.4 is 0 Å². The molecule has 1 heteroatoms. The molecule has 7 aromatic rings. The van der Waals surface area contributed by atoms with E-state index in [2.05, 4.69) is 134 Å². The zero-order valence-electron chi connectivity index (χ0n) is 21.4. The molecule has 2 aliphatic carbocycles. The Morgan fingerprint density at radius 2 is 1.21 bits per heavy atom. The predicted molar refractivity (Wildman–Crippen MR) is 160 cm³/mol. The molecule has 0 spiro atoms.